The molecule has 1 N–H and O–H groups in total. The van der Waals surface area contributed by atoms with Crippen LogP contribution in [0.25, 0.3) is 5.69 Å². The number of hydrogen-bond acceptors (Lipinski definition) is 6. The Balaban J connectivity index is 1.59. The van der Waals surface area contributed by atoms with Crippen LogP contribution in [-0.2, 0) is 4.79 Å². The Labute approximate surface area is 168 Å². The van der Waals surface area contributed by atoms with Crippen molar-refractivity contribution in [2.75, 3.05) is 11.1 Å². The normalized spacial score (nSPS) is 11.3. The smallest absolute Gasteiger partial charge is 0.406 e. The molecule has 152 valence electrons. The molecule has 7 nitrogen and oxygen atoms in total. The molecule has 2 aromatic carbocycles. The molecule has 3 rings (SSSR count). The fourth-order valence-corrected chi connectivity index (χ4v) is 3.05. The lowest BCUT2D eigenvalue weighted by atomic mass is 10.1. The third-order valence-corrected chi connectivity index (χ3v) is 4.80. The standard InChI is InChI=1S/C18H16F3N5O2S/c1-11-3-6-14(9-12(11)2)26-17(23-24-25-26)29-10-16(27)22-13-4-7-15(8-5-13)28-18(19,20)21/h3-9H,10H2,1-2H3,(H,22,27). The Morgan fingerprint density at radius 2 is 1.86 bits per heavy atom. The number of ether oxygens (including phenoxy) is 1. The summed E-state index contributed by atoms with van der Waals surface area (Å²) < 4.78 is 41.8. The van der Waals surface area contributed by atoms with E-state index in [1.165, 1.54) is 16.8 Å². The predicted molar refractivity (Wildman–Crippen MR) is 101 cm³/mol. The Hall–Kier alpha value is -3.08. The molecule has 3 aromatic rings. The lowest BCUT2D eigenvalue weighted by Gasteiger charge is -2.10. The SMILES string of the molecule is Cc1ccc(-n2nnnc2SCC(=O)Nc2ccc(OC(F)(F)F)cc2)cc1C. The lowest BCUT2D eigenvalue weighted by Crippen LogP contribution is -2.17. The first-order valence-electron chi connectivity index (χ1n) is 8.36. The molecule has 29 heavy (non-hydrogen) atoms. The lowest BCUT2D eigenvalue weighted by molar-refractivity contribution is -0.274. The van der Waals surface area contributed by atoms with Gasteiger partial charge in [0.25, 0.3) is 0 Å². The Morgan fingerprint density at radius 3 is 2.52 bits per heavy atom. The minimum atomic E-state index is -4.76. The van der Waals surface area contributed by atoms with Gasteiger partial charge in [-0.05, 0) is 71.8 Å². The molecule has 1 amide bonds. The van der Waals surface area contributed by atoms with E-state index in [4.69, 9.17) is 0 Å². The quantitative estimate of drug-likeness (QED) is 0.606. The van der Waals surface area contributed by atoms with Gasteiger partial charge < -0.3 is 10.1 Å². The van der Waals surface area contributed by atoms with Gasteiger partial charge in [0.05, 0.1) is 11.4 Å². The largest absolute Gasteiger partial charge is 0.573 e. The van der Waals surface area contributed by atoms with Crippen molar-refractivity contribution < 1.29 is 22.7 Å². The van der Waals surface area contributed by atoms with Crippen LogP contribution in [0.5, 0.6) is 5.75 Å². The minimum Gasteiger partial charge on any atom is -0.406 e. The number of carbonyl (C=O) groups excluding carboxylic acids is 1. The summed E-state index contributed by atoms with van der Waals surface area (Å²) >= 11 is 1.14. The predicted octanol–water partition coefficient (Wildman–Crippen LogP) is 3.91. The van der Waals surface area contributed by atoms with E-state index in [1.807, 2.05) is 32.0 Å². The zero-order valence-corrected chi connectivity index (χ0v) is 16.2. The van der Waals surface area contributed by atoms with E-state index in [0.717, 1.165) is 40.7 Å². The van der Waals surface area contributed by atoms with Crippen LogP contribution >= 0.6 is 11.8 Å². The average Bonchev–Trinajstić information content (AvgIpc) is 3.11. The van der Waals surface area contributed by atoms with Crippen molar-refractivity contribution in [2.24, 2.45) is 0 Å². The molecule has 0 aliphatic heterocycles. The Kier molecular flexibility index (Phi) is 6.06. The maximum atomic E-state index is 12.2. The number of carbonyl (C=O) groups is 1. The highest BCUT2D eigenvalue weighted by Crippen LogP contribution is 2.24. The molecule has 0 unspecified atom stereocenters. The molecular formula is C18H16F3N5O2S. The number of nitrogens with one attached hydrogen (secondary N) is 1. The summed E-state index contributed by atoms with van der Waals surface area (Å²) in [5.74, 6) is -0.696. The van der Waals surface area contributed by atoms with E-state index < -0.39 is 6.36 Å². The molecule has 1 aromatic heterocycles. The van der Waals surface area contributed by atoms with Crippen LogP contribution in [0.3, 0.4) is 0 Å². The van der Waals surface area contributed by atoms with E-state index in [0.29, 0.717) is 10.8 Å². The molecule has 1 heterocycles. The summed E-state index contributed by atoms with van der Waals surface area (Å²) in [6.07, 6.45) is -4.76. The molecule has 0 saturated carbocycles. The molecule has 0 fully saturated rings. The Bertz CT molecular complexity index is 1010. The van der Waals surface area contributed by atoms with Crippen molar-refractivity contribution in [3.05, 3.63) is 53.6 Å². The van der Waals surface area contributed by atoms with E-state index in [9.17, 15) is 18.0 Å². The first-order valence-corrected chi connectivity index (χ1v) is 9.34. The first kappa shape index (κ1) is 20.6. The number of tetrazole rings is 1. The molecule has 0 saturated heterocycles. The molecule has 0 bridgehead atoms. The van der Waals surface area contributed by atoms with Crippen LogP contribution < -0.4 is 10.1 Å². The van der Waals surface area contributed by atoms with Crippen LogP contribution in [0.1, 0.15) is 11.1 Å². The van der Waals surface area contributed by atoms with Gasteiger partial charge in [0.1, 0.15) is 5.75 Å². The highest BCUT2D eigenvalue weighted by molar-refractivity contribution is 7.99. The number of hydrogen-bond donors (Lipinski definition) is 1. The summed E-state index contributed by atoms with van der Waals surface area (Å²) in [7, 11) is 0. The van der Waals surface area contributed by atoms with Gasteiger partial charge in [0.15, 0.2) is 0 Å². The topological polar surface area (TPSA) is 81.9 Å². The Morgan fingerprint density at radius 1 is 1.14 bits per heavy atom. The first-order chi connectivity index (χ1) is 13.7. The number of nitrogens with zero attached hydrogens (tertiary/aromatic N) is 4. The van der Waals surface area contributed by atoms with Crippen LogP contribution in [-0.4, -0.2) is 38.2 Å². The number of aromatic nitrogens is 4. The maximum Gasteiger partial charge on any atom is 0.573 e. The van der Waals surface area contributed by atoms with E-state index >= 15 is 0 Å². The number of halogens is 3. The van der Waals surface area contributed by atoms with E-state index in [2.05, 4.69) is 25.6 Å². The van der Waals surface area contributed by atoms with Gasteiger partial charge in [-0.2, -0.15) is 4.68 Å². The zero-order chi connectivity index (χ0) is 21.0. The molecule has 0 radical (unpaired) electrons. The fourth-order valence-electron chi connectivity index (χ4n) is 2.36. The highest BCUT2D eigenvalue weighted by atomic mass is 32.2. The highest BCUT2D eigenvalue weighted by Gasteiger charge is 2.30. The van der Waals surface area contributed by atoms with Gasteiger partial charge in [-0.3, -0.25) is 4.79 Å². The number of anilines is 1. The van der Waals surface area contributed by atoms with Crippen molar-refractivity contribution in [3.8, 4) is 11.4 Å². The molecular weight excluding hydrogens is 407 g/mol. The summed E-state index contributed by atoms with van der Waals surface area (Å²) in [6, 6.07) is 10.7. The summed E-state index contributed by atoms with van der Waals surface area (Å²) in [4.78, 5) is 12.1. The van der Waals surface area contributed by atoms with Gasteiger partial charge in [0.2, 0.25) is 11.1 Å². The second-order valence-corrected chi connectivity index (χ2v) is 6.99. The number of rotatable bonds is 6. The average molecular weight is 423 g/mol. The van der Waals surface area contributed by atoms with E-state index in [1.54, 1.807) is 0 Å². The van der Waals surface area contributed by atoms with Gasteiger partial charge in [-0.15, -0.1) is 18.3 Å². The van der Waals surface area contributed by atoms with Crippen molar-refractivity contribution in [3.63, 3.8) is 0 Å². The molecule has 11 heteroatoms. The van der Waals surface area contributed by atoms with Gasteiger partial charge in [0, 0.05) is 5.69 Å². The molecule has 0 aliphatic rings. The third kappa shape index (κ3) is 5.70. The second kappa shape index (κ2) is 8.52. The van der Waals surface area contributed by atoms with Crippen LogP contribution in [0, 0.1) is 13.8 Å². The fraction of sp³-hybridized carbons (Fsp3) is 0.222. The van der Waals surface area contributed by atoms with Crippen molar-refractivity contribution in [1.82, 2.24) is 20.2 Å². The number of amides is 1. The van der Waals surface area contributed by atoms with Gasteiger partial charge in [-0.1, -0.05) is 17.8 Å². The van der Waals surface area contributed by atoms with Crippen LogP contribution in [0.15, 0.2) is 47.6 Å². The molecule has 0 atom stereocenters. The second-order valence-electron chi connectivity index (χ2n) is 6.05. The summed E-state index contributed by atoms with van der Waals surface area (Å²) in [5, 5.41) is 14.6. The number of aryl methyl sites for hydroxylation is 2. The minimum absolute atomic E-state index is 0.0199. The zero-order valence-electron chi connectivity index (χ0n) is 15.4. The van der Waals surface area contributed by atoms with Crippen molar-refractivity contribution in [1.29, 1.82) is 0 Å². The van der Waals surface area contributed by atoms with Gasteiger partial charge in [-0.25, -0.2) is 0 Å². The molecule has 0 spiro atoms. The number of alkyl halides is 3. The summed E-state index contributed by atoms with van der Waals surface area (Å²) in [6.45, 7) is 3.98. The summed E-state index contributed by atoms with van der Waals surface area (Å²) in [5.41, 5.74) is 3.35. The van der Waals surface area contributed by atoms with Crippen molar-refractivity contribution in [2.45, 2.75) is 25.4 Å². The van der Waals surface area contributed by atoms with Crippen LogP contribution in [0.2, 0.25) is 0 Å². The maximum absolute atomic E-state index is 12.2. The van der Waals surface area contributed by atoms with E-state index in [-0.39, 0.29) is 17.4 Å². The van der Waals surface area contributed by atoms with Gasteiger partial charge >= 0.3 is 6.36 Å². The monoisotopic (exact) mass is 423 g/mol. The number of benzene rings is 2. The van der Waals surface area contributed by atoms with Crippen LogP contribution in [0.4, 0.5) is 18.9 Å². The molecule has 0 aliphatic carbocycles. The number of thioether (sulfide) groups is 1. The van der Waals surface area contributed by atoms with Crippen molar-refractivity contribution >= 4 is 23.4 Å². The third-order valence-electron chi connectivity index (χ3n) is 3.88.